The van der Waals surface area contributed by atoms with Crippen LogP contribution in [0.2, 0.25) is 0 Å². The Hall–Kier alpha value is -3.35. The third-order valence-electron chi connectivity index (χ3n) is 8.50. The lowest BCUT2D eigenvalue weighted by Gasteiger charge is -2.47. The maximum atomic E-state index is 14.0. The van der Waals surface area contributed by atoms with E-state index in [0.29, 0.717) is 49.1 Å². The Balaban J connectivity index is 1.67. The van der Waals surface area contributed by atoms with Crippen LogP contribution in [0.15, 0.2) is 36.4 Å². The SMILES string of the molecule is COC(=O)C1CNC2(CCN(C(=O)N(C)[C@H](C)c3cc(C(F)(F)F)cc(C(F)(F)F)c3)[C@@H](c3ccc(F)cc3C)C2)C1. The molecule has 42 heavy (non-hydrogen) atoms. The average Bonchev–Trinajstić information content (AvgIpc) is 3.33. The molecule has 2 fully saturated rings. The average molecular weight is 604 g/mol. The van der Waals surface area contributed by atoms with E-state index in [-0.39, 0.29) is 24.1 Å². The largest absolute Gasteiger partial charge is 0.469 e. The highest BCUT2D eigenvalue weighted by Gasteiger charge is 2.49. The number of nitrogens with zero attached hydrogens (tertiary/aromatic N) is 2. The molecule has 0 aromatic heterocycles. The van der Waals surface area contributed by atoms with Gasteiger partial charge in [-0.05, 0) is 80.1 Å². The number of alkyl halides is 6. The van der Waals surface area contributed by atoms with Crippen molar-refractivity contribution in [1.29, 1.82) is 0 Å². The molecule has 230 valence electrons. The highest BCUT2D eigenvalue weighted by molar-refractivity contribution is 5.76. The van der Waals surface area contributed by atoms with Gasteiger partial charge in [0.1, 0.15) is 5.82 Å². The molecular weight excluding hydrogens is 571 g/mol. The Labute approximate surface area is 238 Å². The van der Waals surface area contributed by atoms with E-state index in [2.05, 4.69) is 5.32 Å². The molecule has 6 nitrogen and oxygen atoms in total. The molecule has 2 saturated heterocycles. The van der Waals surface area contributed by atoms with Gasteiger partial charge in [0, 0.05) is 25.7 Å². The van der Waals surface area contributed by atoms with Crippen molar-refractivity contribution in [1.82, 2.24) is 15.1 Å². The summed E-state index contributed by atoms with van der Waals surface area (Å²) in [6, 6.07) is 3.06. The molecule has 1 spiro atoms. The van der Waals surface area contributed by atoms with E-state index >= 15 is 0 Å². The Morgan fingerprint density at radius 3 is 2.21 bits per heavy atom. The van der Waals surface area contributed by atoms with Gasteiger partial charge in [-0.2, -0.15) is 26.3 Å². The second-order valence-corrected chi connectivity index (χ2v) is 11.2. The first kappa shape index (κ1) is 31.6. The molecule has 2 aromatic carbocycles. The van der Waals surface area contributed by atoms with Crippen molar-refractivity contribution >= 4 is 12.0 Å². The number of hydrogen-bond acceptors (Lipinski definition) is 4. The molecule has 4 atom stereocenters. The van der Waals surface area contributed by atoms with Gasteiger partial charge >= 0.3 is 24.4 Å². The number of carbonyl (C=O) groups is 2. The van der Waals surface area contributed by atoms with E-state index < -0.39 is 58.9 Å². The van der Waals surface area contributed by atoms with Gasteiger partial charge < -0.3 is 19.9 Å². The molecule has 2 aromatic rings. The molecule has 2 amide bonds. The number of halogens is 7. The Bertz CT molecular complexity index is 1310. The summed E-state index contributed by atoms with van der Waals surface area (Å²) in [4.78, 5) is 28.7. The molecule has 2 unspecified atom stereocenters. The van der Waals surface area contributed by atoms with Crippen LogP contribution in [0, 0.1) is 18.7 Å². The normalized spacial score (nSPS) is 23.6. The Morgan fingerprint density at radius 2 is 1.67 bits per heavy atom. The first-order valence-corrected chi connectivity index (χ1v) is 13.4. The van der Waals surface area contributed by atoms with E-state index in [9.17, 15) is 40.3 Å². The van der Waals surface area contributed by atoms with E-state index in [4.69, 9.17) is 4.74 Å². The van der Waals surface area contributed by atoms with Gasteiger partial charge in [-0.3, -0.25) is 4.79 Å². The number of ether oxygens (including phenoxy) is 1. The molecule has 0 radical (unpaired) electrons. The first-order chi connectivity index (χ1) is 19.5. The van der Waals surface area contributed by atoms with Crippen LogP contribution in [0.5, 0.6) is 0 Å². The predicted molar refractivity (Wildman–Crippen MR) is 139 cm³/mol. The summed E-state index contributed by atoms with van der Waals surface area (Å²) in [6.45, 7) is 3.60. The first-order valence-electron chi connectivity index (χ1n) is 13.4. The molecule has 2 heterocycles. The van der Waals surface area contributed by atoms with Crippen LogP contribution >= 0.6 is 0 Å². The van der Waals surface area contributed by atoms with E-state index in [1.54, 1.807) is 13.0 Å². The van der Waals surface area contributed by atoms with E-state index in [1.165, 1.54) is 38.1 Å². The minimum Gasteiger partial charge on any atom is -0.469 e. The smallest absolute Gasteiger partial charge is 0.416 e. The van der Waals surface area contributed by atoms with Crippen LogP contribution in [0.1, 0.15) is 66.1 Å². The minimum absolute atomic E-state index is 0.0473. The summed E-state index contributed by atoms with van der Waals surface area (Å²) in [6.07, 6.45) is -8.81. The summed E-state index contributed by atoms with van der Waals surface area (Å²) < 4.78 is 99.8. The number of piperidine rings is 1. The molecule has 4 rings (SSSR count). The van der Waals surface area contributed by atoms with Crippen molar-refractivity contribution in [3.8, 4) is 0 Å². The third-order valence-corrected chi connectivity index (χ3v) is 8.50. The van der Waals surface area contributed by atoms with Gasteiger partial charge in [0.15, 0.2) is 0 Å². The number of likely N-dealkylation sites (tertiary alicyclic amines) is 1. The number of aryl methyl sites for hydroxylation is 1. The van der Waals surface area contributed by atoms with Crippen LogP contribution < -0.4 is 5.32 Å². The van der Waals surface area contributed by atoms with Crippen molar-refractivity contribution in [3.63, 3.8) is 0 Å². The second kappa shape index (κ2) is 11.4. The zero-order chi connectivity index (χ0) is 31.2. The predicted octanol–water partition coefficient (Wildman–Crippen LogP) is 6.64. The summed E-state index contributed by atoms with van der Waals surface area (Å²) in [7, 11) is 2.62. The summed E-state index contributed by atoms with van der Waals surface area (Å²) in [5, 5.41) is 3.41. The van der Waals surface area contributed by atoms with Gasteiger partial charge in [-0.1, -0.05) is 6.07 Å². The number of benzene rings is 2. The summed E-state index contributed by atoms with van der Waals surface area (Å²) >= 11 is 0. The minimum atomic E-state index is -5.03. The highest BCUT2D eigenvalue weighted by Crippen LogP contribution is 2.44. The molecule has 2 aliphatic heterocycles. The number of amides is 2. The Morgan fingerprint density at radius 1 is 1.05 bits per heavy atom. The number of urea groups is 1. The number of esters is 1. The van der Waals surface area contributed by atoms with Crippen LogP contribution in [0.4, 0.5) is 35.5 Å². The topological polar surface area (TPSA) is 61.9 Å². The van der Waals surface area contributed by atoms with Crippen molar-refractivity contribution in [2.24, 2.45) is 5.92 Å². The molecule has 2 aliphatic rings. The molecular formula is C29H32F7N3O3. The zero-order valence-electron chi connectivity index (χ0n) is 23.5. The highest BCUT2D eigenvalue weighted by atomic mass is 19.4. The van der Waals surface area contributed by atoms with Gasteiger partial charge in [0.25, 0.3) is 0 Å². The maximum Gasteiger partial charge on any atom is 0.416 e. The lowest BCUT2D eigenvalue weighted by Crippen LogP contribution is -2.55. The van der Waals surface area contributed by atoms with E-state index in [1.807, 2.05) is 0 Å². The number of rotatable bonds is 4. The molecule has 0 saturated carbocycles. The maximum absolute atomic E-state index is 14.0. The number of nitrogens with one attached hydrogen (secondary N) is 1. The van der Waals surface area contributed by atoms with Crippen LogP contribution in [-0.4, -0.2) is 54.6 Å². The van der Waals surface area contributed by atoms with E-state index in [0.717, 1.165) is 4.90 Å². The fourth-order valence-electron chi connectivity index (χ4n) is 6.04. The van der Waals surface area contributed by atoms with Crippen LogP contribution in [0.3, 0.4) is 0 Å². The zero-order valence-corrected chi connectivity index (χ0v) is 23.5. The monoisotopic (exact) mass is 603 g/mol. The van der Waals surface area contributed by atoms with Crippen molar-refractivity contribution in [2.75, 3.05) is 27.2 Å². The summed E-state index contributed by atoms with van der Waals surface area (Å²) in [5.41, 5.74) is -2.57. The fraction of sp³-hybridized carbons (Fsp3) is 0.517. The van der Waals surface area contributed by atoms with Gasteiger partial charge in [0.2, 0.25) is 0 Å². The molecule has 0 aliphatic carbocycles. The third kappa shape index (κ3) is 6.35. The summed E-state index contributed by atoms with van der Waals surface area (Å²) in [5.74, 6) is -1.22. The lowest BCUT2D eigenvalue weighted by atomic mass is 9.77. The standard InChI is InChI=1S/C29H32F7N3O3/c1-16-9-22(30)5-6-23(16)24-14-27(13-19(15-37-27)25(40)42-4)7-8-39(24)26(41)38(3)17(2)18-10-20(28(31,32)33)12-21(11-18)29(34,35)36/h5-6,9-12,17,19,24,37H,7-8,13-15H2,1-4H3/t17-,19?,24-,27?/m1/s1. The van der Waals surface area contributed by atoms with Crippen LogP contribution in [0.25, 0.3) is 0 Å². The van der Waals surface area contributed by atoms with Crippen LogP contribution in [-0.2, 0) is 21.9 Å². The Kier molecular flexibility index (Phi) is 8.56. The molecule has 0 bridgehead atoms. The van der Waals surface area contributed by atoms with Gasteiger partial charge in [0.05, 0.1) is 36.2 Å². The quantitative estimate of drug-likeness (QED) is 0.315. The number of methoxy groups -OCH3 is 1. The second-order valence-electron chi connectivity index (χ2n) is 11.2. The fourth-order valence-corrected chi connectivity index (χ4v) is 6.04. The van der Waals surface area contributed by atoms with Crippen molar-refractivity contribution in [2.45, 2.75) is 63.1 Å². The van der Waals surface area contributed by atoms with Gasteiger partial charge in [-0.25, -0.2) is 9.18 Å². The van der Waals surface area contributed by atoms with Gasteiger partial charge in [-0.15, -0.1) is 0 Å². The van der Waals surface area contributed by atoms with Crippen molar-refractivity contribution < 1.29 is 45.1 Å². The number of hydrogen-bond donors (Lipinski definition) is 1. The molecule has 13 heteroatoms. The number of carbonyl (C=O) groups excluding carboxylic acids is 2. The molecule has 1 N–H and O–H groups in total. The van der Waals surface area contributed by atoms with Crippen molar-refractivity contribution in [3.05, 3.63) is 70.0 Å². The lowest BCUT2D eigenvalue weighted by molar-refractivity contribution is -0.145.